The van der Waals surface area contributed by atoms with Gasteiger partial charge in [0.25, 0.3) is 5.91 Å². The van der Waals surface area contributed by atoms with E-state index in [-0.39, 0.29) is 23.5 Å². The number of benzene rings is 2. The van der Waals surface area contributed by atoms with Crippen LogP contribution in [0.25, 0.3) is 11.4 Å². The molecule has 1 unspecified atom stereocenters. The first kappa shape index (κ1) is 19.2. The van der Waals surface area contributed by atoms with E-state index in [0.717, 1.165) is 24.1 Å². The molecule has 1 aromatic heterocycles. The number of carbonyl (C=O) groups excluding carboxylic acids is 1. The molecule has 0 saturated carbocycles. The number of amides is 1. The van der Waals surface area contributed by atoms with Crippen molar-refractivity contribution >= 4 is 5.91 Å². The van der Waals surface area contributed by atoms with Crippen LogP contribution in [0, 0.1) is 18.6 Å². The van der Waals surface area contributed by atoms with E-state index < -0.39 is 0 Å². The van der Waals surface area contributed by atoms with Gasteiger partial charge in [-0.15, -0.1) is 0 Å². The van der Waals surface area contributed by atoms with E-state index in [9.17, 15) is 13.6 Å². The van der Waals surface area contributed by atoms with Crippen molar-refractivity contribution in [3.05, 3.63) is 83.2 Å². The van der Waals surface area contributed by atoms with E-state index in [2.05, 4.69) is 9.97 Å². The molecular weight excluding hydrogens is 372 g/mol. The topological polar surface area (TPSA) is 46.1 Å². The molecule has 0 radical (unpaired) electrons. The third-order valence-electron chi connectivity index (χ3n) is 5.33. The van der Waals surface area contributed by atoms with Crippen molar-refractivity contribution in [2.24, 2.45) is 0 Å². The Hall–Kier alpha value is -3.15. The fraction of sp³-hybridized carbons (Fsp3) is 0.261. The van der Waals surface area contributed by atoms with Crippen LogP contribution in [0.3, 0.4) is 0 Å². The predicted molar refractivity (Wildman–Crippen MR) is 106 cm³/mol. The average molecular weight is 393 g/mol. The molecule has 1 fully saturated rings. The van der Waals surface area contributed by atoms with Gasteiger partial charge < -0.3 is 4.90 Å². The number of likely N-dealkylation sites (tertiary alicyclic amines) is 1. The van der Waals surface area contributed by atoms with Gasteiger partial charge in [-0.1, -0.05) is 6.07 Å². The van der Waals surface area contributed by atoms with Gasteiger partial charge in [0.2, 0.25) is 0 Å². The maximum Gasteiger partial charge on any atom is 0.253 e. The summed E-state index contributed by atoms with van der Waals surface area (Å²) in [5.41, 5.74) is 2.48. The summed E-state index contributed by atoms with van der Waals surface area (Å²) >= 11 is 0. The Bertz CT molecular complexity index is 1040. The first-order chi connectivity index (χ1) is 14.0. The lowest BCUT2D eigenvalue weighted by molar-refractivity contribution is 0.0705. The highest BCUT2D eigenvalue weighted by atomic mass is 19.1. The van der Waals surface area contributed by atoms with Gasteiger partial charge in [-0.05, 0) is 67.8 Å². The molecule has 1 aliphatic heterocycles. The molecule has 1 aliphatic rings. The van der Waals surface area contributed by atoms with Crippen molar-refractivity contribution in [3.63, 3.8) is 0 Å². The Morgan fingerprint density at radius 2 is 1.90 bits per heavy atom. The van der Waals surface area contributed by atoms with Crippen LogP contribution in [0.15, 0.2) is 54.7 Å². The normalized spacial score (nSPS) is 16.7. The van der Waals surface area contributed by atoms with Gasteiger partial charge in [0.05, 0.1) is 0 Å². The van der Waals surface area contributed by atoms with Crippen LogP contribution in [0.2, 0.25) is 0 Å². The minimum atomic E-state index is -0.371. The molecule has 6 heteroatoms. The number of piperidine rings is 1. The van der Waals surface area contributed by atoms with Crippen molar-refractivity contribution in [3.8, 4) is 11.4 Å². The molecule has 29 heavy (non-hydrogen) atoms. The van der Waals surface area contributed by atoms with Gasteiger partial charge in [-0.2, -0.15) is 0 Å². The fourth-order valence-electron chi connectivity index (χ4n) is 3.65. The number of rotatable bonds is 3. The van der Waals surface area contributed by atoms with Crippen LogP contribution in [0.5, 0.6) is 0 Å². The molecule has 1 atom stereocenters. The summed E-state index contributed by atoms with van der Waals surface area (Å²) in [4.78, 5) is 23.6. The fourth-order valence-corrected chi connectivity index (χ4v) is 3.65. The molecule has 0 aliphatic carbocycles. The SMILES string of the molecule is Cc1ccc(C(=O)N2CCCC(c3ccnc(-c4ccc(F)cc4)n3)C2)cc1F. The average Bonchev–Trinajstić information content (AvgIpc) is 2.76. The van der Waals surface area contributed by atoms with Gasteiger partial charge >= 0.3 is 0 Å². The smallest absolute Gasteiger partial charge is 0.253 e. The summed E-state index contributed by atoms with van der Waals surface area (Å²) in [5, 5.41) is 0. The maximum absolute atomic E-state index is 13.9. The minimum Gasteiger partial charge on any atom is -0.338 e. The minimum absolute atomic E-state index is 0.0743. The first-order valence-corrected chi connectivity index (χ1v) is 9.65. The van der Waals surface area contributed by atoms with Gasteiger partial charge in [0.15, 0.2) is 5.82 Å². The van der Waals surface area contributed by atoms with Crippen LogP contribution in [-0.2, 0) is 0 Å². The van der Waals surface area contributed by atoms with Crippen molar-refractivity contribution in [2.45, 2.75) is 25.7 Å². The van der Waals surface area contributed by atoms with E-state index in [1.165, 1.54) is 18.2 Å². The zero-order chi connectivity index (χ0) is 20.4. The van der Waals surface area contributed by atoms with Crippen molar-refractivity contribution in [2.75, 3.05) is 13.1 Å². The number of halogens is 2. The number of hydrogen-bond acceptors (Lipinski definition) is 3. The summed E-state index contributed by atoms with van der Waals surface area (Å²) < 4.78 is 27.0. The molecule has 0 bridgehead atoms. The molecule has 3 aromatic rings. The second kappa shape index (κ2) is 8.07. The second-order valence-corrected chi connectivity index (χ2v) is 7.37. The highest BCUT2D eigenvalue weighted by molar-refractivity contribution is 5.94. The van der Waals surface area contributed by atoms with Crippen molar-refractivity contribution in [1.29, 1.82) is 0 Å². The lowest BCUT2D eigenvalue weighted by Crippen LogP contribution is -2.39. The van der Waals surface area contributed by atoms with E-state index in [1.807, 2.05) is 6.07 Å². The molecular formula is C23H21F2N3O. The molecule has 1 amide bonds. The first-order valence-electron chi connectivity index (χ1n) is 9.65. The molecule has 2 aromatic carbocycles. The van der Waals surface area contributed by atoms with Crippen LogP contribution < -0.4 is 0 Å². The van der Waals surface area contributed by atoms with Crippen LogP contribution in [0.4, 0.5) is 8.78 Å². The molecule has 0 N–H and O–H groups in total. The Kier molecular flexibility index (Phi) is 5.34. The number of nitrogens with zero attached hydrogens (tertiary/aromatic N) is 3. The van der Waals surface area contributed by atoms with Gasteiger partial charge in [0, 0.05) is 42.0 Å². The quantitative estimate of drug-likeness (QED) is 0.645. The van der Waals surface area contributed by atoms with Crippen molar-refractivity contribution < 1.29 is 13.6 Å². The summed E-state index contributed by atoms with van der Waals surface area (Å²) in [5.74, 6) is -0.235. The monoisotopic (exact) mass is 393 g/mol. The summed E-state index contributed by atoms with van der Waals surface area (Å²) in [7, 11) is 0. The van der Waals surface area contributed by atoms with E-state index in [1.54, 1.807) is 42.3 Å². The van der Waals surface area contributed by atoms with Crippen LogP contribution >= 0.6 is 0 Å². The maximum atomic E-state index is 13.9. The van der Waals surface area contributed by atoms with E-state index in [4.69, 9.17) is 0 Å². The molecule has 4 rings (SSSR count). The Morgan fingerprint density at radius 1 is 1.10 bits per heavy atom. The predicted octanol–water partition coefficient (Wildman–Crippen LogP) is 4.75. The lowest BCUT2D eigenvalue weighted by Gasteiger charge is -2.32. The Morgan fingerprint density at radius 3 is 2.66 bits per heavy atom. The molecule has 0 spiro atoms. The highest BCUT2D eigenvalue weighted by Crippen LogP contribution is 2.28. The van der Waals surface area contributed by atoms with Gasteiger partial charge in [-0.25, -0.2) is 18.7 Å². The summed E-state index contributed by atoms with van der Waals surface area (Å²) in [6, 6.07) is 12.5. The third kappa shape index (κ3) is 4.16. The number of aryl methyl sites for hydroxylation is 1. The van der Waals surface area contributed by atoms with Crippen LogP contribution in [-0.4, -0.2) is 33.9 Å². The number of carbonyl (C=O) groups is 1. The van der Waals surface area contributed by atoms with Crippen molar-refractivity contribution in [1.82, 2.24) is 14.9 Å². The zero-order valence-corrected chi connectivity index (χ0v) is 16.1. The largest absolute Gasteiger partial charge is 0.338 e. The standard InChI is InChI=1S/C23H21F2N3O/c1-15-4-5-17(13-20(15)25)23(29)28-12-2-3-18(14-28)21-10-11-26-22(27-21)16-6-8-19(24)9-7-16/h4-11,13,18H,2-3,12,14H2,1H3. The molecule has 4 nitrogen and oxygen atoms in total. The summed E-state index contributed by atoms with van der Waals surface area (Å²) in [6.07, 6.45) is 3.45. The third-order valence-corrected chi connectivity index (χ3v) is 5.33. The molecule has 2 heterocycles. The summed E-state index contributed by atoms with van der Waals surface area (Å²) in [6.45, 7) is 2.84. The van der Waals surface area contributed by atoms with E-state index in [0.29, 0.717) is 30.0 Å². The molecule has 148 valence electrons. The second-order valence-electron chi connectivity index (χ2n) is 7.37. The number of aromatic nitrogens is 2. The highest BCUT2D eigenvalue weighted by Gasteiger charge is 2.27. The van der Waals surface area contributed by atoms with Gasteiger partial charge in [-0.3, -0.25) is 4.79 Å². The van der Waals surface area contributed by atoms with Gasteiger partial charge in [0.1, 0.15) is 11.6 Å². The lowest BCUT2D eigenvalue weighted by atomic mass is 9.94. The van der Waals surface area contributed by atoms with E-state index >= 15 is 0 Å². The Labute approximate surface area is 168 Å². The van der Waals surface area contributed by atoms with Crippen LogP contribution in [0.1, 0.15) is 40.4 Å². The molecule has 1 saturated heterocycles. The Balaban J connectivity index is 1.54. The number of hydrogen-bond donors (Lipinski definition) is 0. The zero-order valence-electron chi connectivity index (χ0n) is 16.1.